The highest BCUT2D eigenvalue weighted by molar-refractivity contribution is 7.89. The number of rotatable bonds is 7. The molecule has 2 aromatic rings. The third kappa shape index (κ3) is 5.16. The zero-order valence-electron chi connectivity index (χ0n) is 17.5. The molecule has 7 heteroatoms. The largest absolute Gasteiger partial charge is 0.481 e. The maximum absolute atomic E-state index is 13.2. The van der Waals surface area contributed by atoms with Crippen molar-refractivity contribution in [2.45, 2.75) is 31.7 Å². The minimum Gasteiger partial charge on any atom is -0.481 e. The third-order valence-corrected chi connectivity index (χ3v) is 7.45. The molecule has 30 heavy (non-hydrogen) atoms. The molecule has 0 aromatic heterocycles. The second-order valence-corrected chi connectivity index (χ2v) is 9.73. The first-order valence-electron chi connectivity index (χ1n) is 9.95. The van der Waals surface area contributed by atoms with E-state index in [1.807, 2.05) is 6.92 Å². The zero-order valence-corrected chi connectivity index (χ0v) is 18.3. The highest BCUT2D eigenvalue weighted by Crippen LogP contribution is 2.23. The van der Waals surface area contributed by atoms with E-state index in [0.29, 0.717) is 37.3 Å². The molecule has 6 nitrogen and oxygen atoms in total. The number of sulfonamides is 1. The molecular formula is C23H28N2O4S. The van der Waals surface area contributed by atoms with E-state index in [-0.39, 0.29) is 11.3 Å². The van der Waals surface area contributed by atoms with Crippen LogP contribution < -0.4 is 0 Å². The van der Waals surface area contributed by atoms with Gasteiger partial charge in [0.1, 0.15) is 0 Å². The van der Waals surface area contributed by atoms with Gasteiger partial charge in [-0.05, 0) is 42.2 Å². The van der Waals surface area contributed by atoms with E-state index in [0.717, 1.165) is 17.7 Å². The average Bonchev–Trinajstić information content (AvgIpc) is 2.70. The van der Waals surface area contributed by atoms with Gasteiger partial charge in [0.05, 0.1) is 11.3 Å². The van der Waals surface area contributed by atoms with Crippen LogP contribution in [0.5, 0.6) is 0 Å². The zero-order chi connectivity index (χ0) is 21.9. The van der Waals surface area contributed by atoms with Crippen molar-refractivity contribution in [3.8, 4) is 0 Å². The Morgan fingerprint density at radius 1 is 1.03 bits per heavy atom. The molecule has 0 saturated carbocycles. The third-order valence-electron chi connectivity index (χ3n) is 5.41. The van der Waals surface area contributed by atoms with Crippen LogP contribution in [0.25, 0.3) is 5.57 Å². The maximum Gasteiger partial charge on any atom is 0.307 e. The smallest absolute Gasteiger partial charge is 0.307 e. The van der Waals surface area contributed by atoms with Crippen LogP contribution in [0.3, 0.4) is 0 Å². The minimum atomic E-state index is -3.66. The van der Waals surface area contributed by atoms with Gasteiger partial charge in [0.25, 0.3) is 0 Å². The Morgan fingerprint density at radius 2 is 1.63 bits per heavy atom. The highest BCUT2D eigenvalue weighted by Gasteiger charge is 2.30. The number of carbonyl (C=O) groups is 1. The summed E-state index contributed by atoms with van der Waals surface area (Å²) in [5, 5.41) is 9.00. The molecule has 0 atom stereocenters. The number of allylic oxidation sites excluding steroid dienone is 1. The summed E-state index contributed by atoms with van der Waals surface area (Å²) in [7, 11) is -3.66. The quantitative estimate of drug-likeness (QED) is 0.733. The lowest BCUT2D eigenvalue weighted by Crippen LogP contribution is -2.48. The Labute approximate surface area is 178 Å². The Balaban J connectivity index is 1.66. The molecule has 1 N–H and O–H groups in total. The number of benzene rings is 2. The van der Waals surface area contributed by atoms with Crippen molar-refractivity contribution in [2.75, 3.05) is 26.2 Å². The first-order chi connectivity index (χ1) is 14.2. The van der Waals surface area contributed by atoms with Crippen LogP contribution in [-0.2, 0) is 27.8 Å². The lowest BCUT2D eigenvalue weighted by molar-refractivity contribution is -0.136. The Bertz CT molecular complexity index is 1040. The summed E-state index contributed by atoms with van der Waals surface area (Å²) in [6, 6.07) is 13.1. The first-order valence-corrected chi connectivity index (χ1v) is 11.4. The minimum absolute atomic E-state index is 0.194. The fourth-order valence-corrected chi connectivity index (χ4v) is 5.32. The van der Waals surface area contributed by atoms with E-state index in [1.165, 1.54) is 15.9 Å². The SMILES string of the molecule is C=C(C)c1ccc(CN2CCN(S(=O)(=O)c3cc(CC(=O)O)ccc3C)CC2)cc1. The molecule has 0 aliphatic carbocycles. The van der Waals surface area contributed by atoms with E-state index in [4.69, 9.17) is 5.11 Å². The fraction of sp³-hybridized carbons (Fsp3) is 0.348. The number of aryl methyl sites for hydroxylation is 1. The molecule has 0 unspecified atom stereocenters. The highest BCUT2D eigenvalue weighted by atomic mass is 32.2. The number of piperazine rings is 1. The summed E-state index contributed by atoms with van der Waals surface area (Å²) < 4.78 is 27.8. The van der Waals surface area contributed by atoms with Crippen molar-refractivity contribution in [1.29, 1.82) is 0 Å². The van der Waals surface area contributed by atoms with Crippen molar-refractivity contribution in [1.82, 2.24) is 9.21 Å². The molecule has 160 valence electrons. The number of aliphatic carboxylic acids is 1. The predicted molar refractivity (Wildman–Crippen MR) is 118 cm³/mol. The summed E-state index contributed by atoms with van der Waals surface area (Å²) in [4.78, 5) is 13.4. The van der Waals surface area contributed by atoms with Gasteiger partial charge in [0.15, 0.2) is 0 Å². The monoisotopic (exact) mass is 428 g/mol. The van der Waals surface area contributed by atoms with Crippen LogP contribution in [0.2, 0.25) is 0 Å². The molecule has 1 aliphatic heterocycles. The van der Waals surface area contributed by atoms with Gasteiger partial charge in [-0.2, -0.15) is 4.31 Å². The Kier molecular flexibility index (Phi) is 6.75. The molecule has 0 radical (unpaired) electrons. The second kappa shape index (κ2) is 9.12. The van der Waals surface area contributed by atoms with Gasteiger partial charge in [-0.15, -0.1) is 0 Å². The van der Waals surface area contributed by atoms with Crippen LogP contribution in [0.4, 0.5) is 0 Å². The molecule has 1 fully saturated rings. The van der Waals surface area contributed by atoms with Crippen LogP contribution in [0, 0.1) is 6.92 Å². The van der Waals surface area contributed by atoms with E-state index in [2.05, 4.69) is 35.7 Å². The van der Waals surface area contributed by atoms with Gasteiger partial charge in [0, 0.05) is 32.7 Å². The molecule has 0 spiro atoms. The van der Waals surface area contributed by atoms with Crippen molar-refractivity contribution < 1.29 is 18.3 Å². The van der Waals surface area contributed by atoms with E-state index < -0.39 is 16.0 Å². The first kappa shape index (κ1) is 22.2. The predicted octanol–water partition coefficient (Wildman–Crippen LogP) is 3.16. The second-order valence-electron chi connectivity index (χ2n) is 7.83. The summed E-state index contributed by atoms with van der Waals surface area (Å²) in [5.41, 5.74) is 4.46. The van der Waals surface area contributed by atoms with Crippen LogP contribution in [0.15, 0.2) is 53.9 Å². The number of hydrogen-bond acceptors (Lipinski definition) is 4. The van der Waals surface area contributed by atoms with Gasteiger partial charge in [-0.3, -0.25) is 9.69 Å². The van der Waals surface area contributed by atoms with Gasteiger partial charge in [-0.25, -0.2) is 8.42 Å². The lowest BCUT2D eigenvalue weighted by atomic mass is 10.1. The van der Waals surface area contributed by atoms with Crippen molar-refractivity contribution in [2.24, 2.45) is 0 Å². The van der Waals surface area contributed by atoms with Crippen molar-refractivity contribution >= 4 is 21.6 Å². The van der Waals surface area contributed by atoms with Gasteiger partial charge < -0.3 is 5.11 Å². The van der Waals surface area contributed by atoms with E-state index in [1.54, 1.807) is 19.1 Å². The maximum atomic E-state index is 13.2. The molecule has 1 heterocycles. The van der Waals surface area contributed by atoms with Gasteiger partial charge in [-0.1, -0.05) is 48.6 Å². The van der Waals surface area contributed by atoms with Gasteiger partial charge >= 0.3 is 5.97 Å². The number of hydrogen-bond donors (Lipinski definition) is 1. The molecule has 1 saturated heterocycles. The molecule has 0 bridgehead atoms. The lowest BCUT2D eigenvalue weighted by Gasteiger charge is -2.34. The topological polar surface area (TPSA) is 77.9 Å². The average molecular weight is 429 g/mol. The molecule has 0 amide bonds. The summed E-state index contributed by atoms with van der Waals surface area (Å²) in [5.74, 6) is -0.980. The van der Waals surface area contributed by atoms with Crippen LogP contribution >= 0.6 is 0 Å². The molecule has 2 aromatic carbocycles. The van der Waals surface area contributed by atoms with Crippen molar-refractivity contribution in [3.05, 3.63) is 71.3 Å². The van der Waals surface area contributed by atoms with E-state index in [9.17, 15) is 13.2 Å². The molecule has 1 aliphatic rings. The fourth-order valence-electron chi connectivity index (χ4n) is 3.63. The number of carboxylic acids is 1. The molecule has 3 rings (SSSR count). The van der Waals surface area contributed by atoms with E-state index >= 15 is 0 Å². The summed E-state index contributed by atoms with van der Waals surface area (Å²) >= 11 is 0. The number of nitrogens with zero attached hydrogens (tertiary/aromatic N) is 2. The van der Waals surface area contributed by atoms with Crippen LogP contribution in [0.1, 0.15) is 29.2 Å². The summed E-state index contributed by atoms with van der Waals surface area (Å²) in [6.07, 6.45) is -0.194. The standard InChI is InChI=1S/C23H28N2O4S/c1-17(2)21-8-6-19(7-9-21)16-24-10-12-25(13-11-24)30(28,29)22-14-20(15-23(26)27)5-4-18(22)3/h4-9,14H,1,10-13,15-16H2,2-3H3,(H,26,27). The Hall–Kier alpha value is -2.48. The molecular weight excluding hydrogens is 400 g/mol. The normalized spacial score (nSPS) is 15.8. The van der Waals surface area contributed by atoms with Crippen LogP contribution in [-0.4, -0.2) is 54.9 Å². The number of carboxylic acid groups (broad SMARTS) is 1. The van der Waals surface area contributed by atoms with Crippen molar-refractivity contribution in [3.63, 3.8) is 0 Å². The summed E-state index contributed by atoms with van der Waals surface area (Å²) in [6.45, 7) is 10.6. The Morgan fingerprint density at radius 3 is 2.20 bits per heavy atom. The van der Waals surface area contributed by atoms with Gasteiger partial charge in [0.2, 0.25) is 10.0 Å².